The van der Waals surface area contributed by atoms with Crippen LogP contribution in [0.5, 0.6) is 0 Å². The number of para-hydroxylation sites is 1. The zero-order valence-corrected chi connectivity index (χ0v) is 11.7. The molecule has 3 rings (SSSR count). The maximum absolute atomic E-state index is 11.2. The highest BCUT2D eigenvalue weighted by atomic mass is 31.1. The quantitative estimate of drug-likeness (QED) is 0.879. The van der Waals surface area contributed by atoms with E-state index < -0.39 is 14.5 Å². The zero-order valence-electron chi connectivity index (χ0n) is 10.8. The molecule has 0 aliphatic carbocycles. The van der Waals surface area contributed by atoms with Gasteiger partial charge in [-0.15, -0.1) is 4.89 Å². The fourth-order valence-electron chi connectivity index (χ4n) is 2.61. The van der Waals surface area contributed by atoms with Crippen molar-refractivity contribution in [2.45, 2.75) is 12.6 Å². The van der Waals surface area contributed by atoms with Crippen molar-refractivity contribution in [3.8, 4) is 0 Å². The highest BCUT2D eigenvalue weighted by Gasteiger charge is 2.35. The van der Waals surface area contributed by atoms with Crippen LogP contribution in [-0.4, -0.2) is 11.4 Å². The number of benzene rings is 2. The normalized spacial score (nSPS) is 18.6. The third kappa shape index (κ3) is 2.59. The summed E-state index contributed by atoms with van der Waals surface area (Å²) >= 11 is 0. The molecular formula is C15H15NO3P+. The molecule has 2 aromatic rings. The molecule has 1 heterocycles. The van der Waals surface area contributed by atoms with E-state index in [2.05, 4.69) is 0 Å². The van der Waals surface area contributed by atoms with Crippen molar-refractivity contribution in [2.24, 2.45) is 0 Å². The van der Waals surface area contributed by atoms with Crippen LogP contribution in [0, 0.1) is 0 Å². The summed E-state index contributed by atoms with van der Waals surface area (Å²) in [5, 5.41) is 0. The van der Waals surface area contributed by atoms with Crippen molar-refractivity contribution in [2.75, 3.05) is 11.4 Å². The van der Waals surface area contributed by atoms with Crippen molar-refractivity contribution in [1.82, 2.24) is 0 Å². The molecular weight excluding hydrogens is 273 g/mol. The summed E-state index contributed by atoms with van der Waals surface area (Å²) in [6.45, 7) is 0.759. The van der Waals surface area contributed by atoms with Gasteiger partial charge in [-0.3, -0.25) is 0 Å². The predicted molar refractivity (Wildman–Crippen MR) is 77.6 cm³/mol. The van der Waals surface area contributed by atoms with Gasteiger partial charge in [0.1, 0.15) is 0 Å². The second-order valence-corrected chi connectivity index (χ2v) is 5.36. The lowest BCUT2D eigenvalue weighted by Crippen LogP contribution is -2.36. The van der Waals surface area contributed by atoms with Crippen molar-refractivity contribution in [3.05, 3.63) is 65.7 Å². The zero-order chi connectivity index (χ0) is 13.9. The Morgan fingerprint density at radius 1 is 1.10 bits per heavy atom. The third-order valence-corrected chi connectivity index (χ3v) is 3.88. The first-order valence-electron chi connectivity index (χ1n) is 6.48. The molecule has 2 aromatic carbocycles. The van der Waals surface area contributed by atoms with Crippen LogP contribution in [0.3, 0.4) is 0 Å². The molecule has 0 saturated carbocycles. The van der Waals surface area contributed by atoms with Gasteiger partial charge in [0.2, 0.25) is 6.23 Å². The van der Waals surface area contributed by atoms with Gasteiger partial charge in [-0.2, -0.15) is 0 Å². The summed E-state index contributed by atoms with van der Waals surface area (Å²) in [6, 6.07) is 17.7. The number of anilines is 1. The minimum Gasteiger partial charge on any atom is -0.338 e. The molecule has 2 unspecified atom stereocenters. The van der Waals surface area contributed by atoms with Gasteiger partial charge in [0, 0.05) is 22.4 Å². The maximum Gasteiger partial charge on any atom is 0.697 e. The van der Waals surface area contributed by atoms with E-state index in [1.807, 2.05) is 59.5 Å². The molecule has 0 aromatic heterocycles. The second-order valence-electron chi connectivity index (χ2n) is 4.67. The Kier molecular flexibility index (Phi) is 3.79. The smallest absolute Gasteiger partial charge is 0.338 e. The lowest BCUT2D eigenvalue weighted by Gasteiger charge is -2.35. The fourth-order valence-corrected chi connectivity index (χ4v) is 3.01. The Hall–Kier alpha value is -1.74. The monoisotopic (exact) mass is 288 g/mol. The number of hydrogen-bond acceptors (Lipinski definition) is 3. The molecule has 0 radical (unpaired) electrons. The van der Waals surface area contributed by atoms with E-state index >= 15 is 0 Å². The van der Waals surface area contributed by atoms with Crippen LogP contribution in [0.2, 0.25) is 0 Å². The molecule has 1 N–H and O–H groups in total. The topological polar surface area (TPSA) is 49.8 Å². The van der Waals surface area contributed by atoms with Crippen molar-refractivity contribution < 1.29 is 14.0 Å². The molecule has 0 amide bonds. The molecule has 0 bridgehead atoms. The minimum atomic E-state index is -2.66. The SMILES string of the molecule is O=[P+](O)OC1c2ccccc2CCN1c1ccccc1. The van der Waals surface area contributed by atoms with Gasteiger partial charge in [0.05, 0.1) is 0 Å². The Morgan fingerprint density at radius 3 is 2.55 bits per heavy atom. The molecule has 5 heteroatoms. The molecule has 0 spiro atoms. The number of fused-ring (bicyclic) bond motifs is 1. The van der Waals surface area contributed by atoms with Crippen molar-refractivity contribution >= 4 is 13.9 Å². The summed E-state index contributed by atoms with van der Waals surface area (Å²) in [4.78, 5) is 11.2. The van der Waals surface area contributed by atoms with E-state index in [4.69, 9.17) is 9.42 Å². The average molecular weight is 288 g/mol. The van der Waals surface area contributed by atoms with E-state index in [-0.39, 0.29) is 0 Å². The standard InChI is InChI=1S/C15H14NO3P/c17-20(18)19-15-14-9-5-4-6-12(14)10-11-16(15)13-7-2-1-3-8-13/h1-9,15H,10-11H2/p+1. The molecule has 4 nitrogen and oxygen atoms in total. The average Bonchev–Trinajstić information content (AvgIpc) is 2.48. The van der Waals surface area contributed by atoms with Crippen LogP contribution >= 0.6 is 8.25 Å². The van der Waals surface area contributed by atoms with E-state index in [1.165, 1.54) is 5.56 Å². The van der Waals surface area contributed by atoms with Crippen molar-refractivity contribution in [1.29, 1.82) is 0 Å². The lowest BCUT2D eigenvalue weighted by molar-refractivity contribution is 0.179. The van der Waals surface area contributed by atoms with E-state index in [9.17, 15) is 4.57 Å². The lowest BCUT2D eigenvalue weighted by atomic mass is 9.98. The molecule has 102 valence electrons. The van der Waals surface area contributed by atoms with Crippen LogP contribution in [-0.2, 0) is 15.5 Å². The molecule has 0 saturated heterocycles. The van der Waals surface area contributed by atoms with Crippen LogP contribution in [0.25, 0.3) is 0 Å². The number of nitrogens with zero attached hydrogens (tertiary/aromatic N) is 1. The molecule has 1 aliphatic heterocycles. The first kappa shape index (κ1) is 13.3. The Bertz CT molecular complexity index is 618. The van der Waals surface area contributed by atoms with Crippen LogP contribution < -0.4 is 4.90 Å². The largest absolute Gasteiger partial charge is 0.697 e. The molecule has 0 fully saturated rings. The molecule has 20 heavy (non-hydrogen) atoms. The van der Waals surface area contributed by atoms with Gasteiger partial charge in [-0.25, -0.2) is 0 Å². The van der Waals surface area contributed by atoms with Gasteiger partial charge in [-0.05, 0) is 24.1 Å². The van der Waals surface area contributed by atoms with Crippen molar-refractivity contribution in [3.63, 3.8) is 0 Å². The van der Waals surface area contributed by atoms with Gasteiger partial charge < -0.3 is 4.90 Å². The first-order chi connectivity index (χ1) is 9.75. The van der Waals surface area contributed by atoms with E-state index in [0.29, 0.717) is 0 Å². The summed E-state index contributed by atoms with van der Waals surface area (Å²) in [5.41, 5.74) is 3.12. The molecule has 2 atom stereocenters. The fraction of sp³-hybridized carbons (Fsp3) is 0.200. The van der Waals surface area contributed by atoms with E-state index in [1.54, 1.807) is 0 Å². The van der Waals surface area contributed by atoms with Gasteiger partial charge in [-0.1, -0.05) is 47.0 Å². The van der Waals surface area contributed by atoms with Crippen LogP contribution in [0.1, 0.15) is 17.4 Å². The summed E-state index contributed by atoms with van der Waals surface area (Å²) in [7, 11) is -2.66. The third-order valence-electron chi connectivity index (χ3n) is 3.50. The van der Waals surface area contributed by atoms with Crippen LogP contribution in [0.15, 0.2) is 54.6 Å². The summed E-state index contributed by atoms with van der Waals surface area (Å²) in [6.07, 6.45) is 0.378. The van der Waals surface area contributed by atoms with Gasteiger partial charge in [0.15, 0.2) is 0 Å². The molecule has 1 aliphatic rings. The van der Waals surface area contributed by atoms with Gasteiger partial charge >= 0.3 is 8.25 Å². The predicted octanol–water partition coefficient (Wildman–Crippen LogP) is 3.41. The first-order valence-corrected chi connectivity index (χ1v) is 7.61. The Morgan fingerprint density at radius 2 is 1.80 bits per heavy atom. The highest BCUT2D eigenvalue weighted by molar-refractivity contribution is 7.32. The number of hydrogen-bond donors (Lipinski definition) is 1. The summed E-state index contributed by atoms with van der Waals surface area (Å²) in [5.74, 6) is 0. The van der Waals surface area contributed by atoms with E-state index in [0.717, 1.165) is 24.2 Å². The Labute approximate surface area is 118 Å². The second kappa shape index (κ2) is 5.71. The van der Waals surface area contributed by atoms with Crippen LogP contribution in [0.4, 0.5) is 5.69 Å². The van der Waals surface area contributed by atoms with Gasteiger partial charge in [0.25, 0.3) is 0 Å². The Balaban J connectivity index is 2.01. The summed E-state index contributed by atoms with van der Waals surface area (Å²) < 4.78 is 16.4. The highest BCUT2D eigenvalue weighted by Crippen LogP contribution is 2.39. The number of rotatable bonds is 3. The maximum atomic E-state index is 11.2. The minimum absolute atomic E-state index is 0.518.